The van der Waals surface area contributed by atoms with Crippen LogP contribution in [0.5, 0.6) is 0 Å². The van der Waals surface area contributed by atoms with Crippen molar-refractivity contribution in [3.05, 3.63) is 29.3 Å². The molecule has 0 saturated carbocycles. The summed E-state index contributed by atoms with van der Waals surface area (Å²) >= 11 is 5.77. The van der Waals surface area contributed by atoms with E-state index in [1.165, 1.54) is 11.1 Å². The van der Waals surface area contributed by atoms with Gasteiger partial charge in [-0.25, -0.2) is 0 Å². The van der Waals surface area contributed by atoms with E-state index in [-0.39, 0.29) is 5.91 Å². The van der Waals surface area contributed by atoms with Gasteiger partial charge in [0, 0.05) is 25.0 Å². The van der Waals surface area contributed by atoms with Crippen molar-refractivity contribution in [2.24, 2.45) is 0 Å². The monoisotopic (exact) mass is 251 g/mol. The summed E-state index contributed by atoms with van der Waals surface area (Å²) in [5.41, 5.74) is 3.65. The van der Waals surface area contributed by atoms with Gasteiger partial charge in [0.05, 0.1) is 0 Å². The smallest absolute Gasteiger partial charge is 0.223 e. The van der Waals surface area contributed by atoms with Crippen molar-refractivity contribution in [3.63, 3.8) is 0 Å². The van der Waals surface area contributed by atoms with Crippen molar-refractivity contribution < 1.29 is 4.79 Å². The minimum absolute atomic E-state index is 0.137. The normalized spacial score (nSPS) is 15.3. The molecule has 0 aromatic heterocycles. The highest BCUT2D eigenvalue weighted by molar-refractivity contribution is 6.18. The van der Waals surface area contributed by atoms with Gasteiger partial charge in [-0.2, -0.15) is 0 Å². The van der Waals surface area contributed by atoms with Crippen LogP contribution in [0, 0.1) is 0 Å². The van der Waals surface area contributed by atoms with Crippen LogP contribution in [-0.2, 0) is 17.6 Å². The van der Waals surface area contributed by atoms with Crippen molar-refractivity contribution in [1.29, 1.82) is 0 Å². The summed E-state index contributed by atoms with van der Waals surface area (Å²) in [6, 6.07) is 6.37. The molecular weight excluding hydrogens is 234 g/mol. The lowest BCUT2D eigenvalue weighted by Crippen LogP contribution is -2.29. The number of benzene rings is 1. The average molecular weight is 252 g/mol. The van der Waals surface area contributed by atoms with Gasteiger partial charge < -0.3 is 4.90 Å². The maximum atomic E-state index is 11.6. The van der Waals surface area contributed by atoms with Crippen molar-refractivity contribution in [1.82, 2.24) is 0 Å². The minimum atomic E-state index is 0.137. The van der Waals surface area contributed by atoms with Crippen LogP contribution in [0.4, 0.5) is 5.69 Å². The summed E-state index contributed by atoms with van der Waals surface area (Å²) in [4.78, 5) is 13.5. The molecule has 17 heavy (non-hydrogen) atoms. The van der Waals surface area contributed by atoms with E-state index in [0.29, 0.717) is 5.88 Å². The Labute approximate surface area is 108 Å². The number of hydrogen-bond acceptors (Lipinski definition) is 1. The molecule has 0 spiro atoms. The molecule has 1 heterocycles. The maximum Gasteiger partial charge on any atom is 0.223 e. The van der Waals surface area contributed by atoms with Crippen LogP contribution >= 0.6 is 11.6 Å². The summed E-state index contributed by atoms with van der Waals surface area (Å²) in [5.74, 6) is 0.785. The number of hydrogen-bond donors (Lipinski definition) is 0. The highest BCUT2D eigenvalue weighted by Gasteiger charge is 2.18. The molecule has 92 valence electrons. The number of anilines is 1. The fraction of sp³-hybridized carbons (Fsp3) is 0.500. The number of carbonyl (C=O) groups is 1. The summed E-state index contributed by atoms with van der Waals surface area (Å²) in [7, 11) is 0. The van der Waals surface area contributed by atoms with Crippen molar-refractivity contribution in [2.75, 3.05) is 17.3 Å². The molecule has 0 aliphatic carbocycles. The summed E-state index contributed by atoms with van der Waals surface area (Å²) in [6.45, 7) is 2.49. The summed E-state index contributed by atoms with van der Waals surface area (Å²) < 4.78 is 0. The molecule has 1 aromatic carbocycles. The fourth-order valence-electron chi connectivity index (χ4n) is 2.40. The van der Waals surface area contributed by atoms with E-state index in [1.54, 1.807) is 6.92 Å². The molecular formula is C14H18ClNO. The molecule has 0 radical (unpaired) electrons. The largest absolute Gasteiger partial charge is 0.312 e. The van der Waals surface area contributed by atoms with Gasteiger partial charge in [0.1, 0.15) is 0 Å². The van der Waals surface area contributed by atoms with Gasteiger partial charge in [0.2, 0.25) is 5.91 Å². The van der Waals surface area contributed by atoms with Gasteiger partial charge in [-0.15, -0.1) is 11.6 Å². The predicted octanol–water partition coefficient (Wildman–Crippen LogP) is 3.16. The van der Waals surface area contributed by atoms with Crippen LogP contribution < -0.4 is 4.90 Å². The fourth-order valence-corrected chi connectivity index (χ4v) is 2.62. The molecule has 0 unspecified atom stereocenters. The first-order chi connectivity index (χ1) is 8.22. The zero-order chi connectivity index (χ0) is 12.3. The van der Waals surface area contributed by atoms with E-state index in [1.807, 2.05) is 4.90 Å². The van der Waals surface area contributed by atoms with Gasteiger partial charge in [-0.3, -0.25) is 4.79 Å². The van der Waals surface area contributed by atoms with Crippen molar-refractivity contribution >= 4 is 23.2 Å². The molecule has 1 aromatic rings. The zero-order valence-electron chi connectivity index (χ0n) is 10.2. The van der Waals surface area contributed by atoms with E-state index in [4.69, 9.17) is 11.6 Å². The van der Waals surface area contributed by atoms with Crippen LogP contribution in [0.1, 0.15) is 30.9 Å². The third-order valence-electron chi connectivity index (χ3n) is 3.28. The number of alkyl halides is 1. The Kier molecular flexibility index (Phi) is 4.06. The van der Waals surface area contributed by atoms with E-state index in [0.717, 1.165) is 37.9 Å². The lowest BCUT2D eigenvalue weighted by molar-refractivity contribution is -0.116. The van der Waals surface area contributed by atoms with E-state index < -0.39 is 0 Å². The summed E-state index contributed by atoms with van der Waals surface area (Å²) in [6.07, 6.45) is 4.20. The molecule has 0 N–H and O–H groups in total. The topological polar surface area (TPSA) is 20.3 Å². The van der Waals surface area contributed by atoms with E-state index >= 15 is 0 Å². The lowest BCUT2D eigenvalue weighted by Gasteiger charge is -2.21. The number of fused-ring (bicyclic) bond motifs is 1. The Morgan fingerprint density at radius 3 is 2.94 bits per heavy atom. The number of carbonyl (C=O) groups excluding carboxylic acids is 1. The molecule has 0 saturated heterocycles. The SMILES string of the molecule is CC(=O)N1CCCCc2cc(CCCl)ccc21. The highest BCUT2D eigenvalue weighted by Crippen LogP contribution is 2.27. The second-order valence-corrected chi connectivity index (χ2v) is 4.91. The van der Waals surface area contributed by atoms with Gasteiger partial charge in [-0.1, -0.05) is 12.1 Å². The maximum absolute atomic E-state index is 11.6. The molecule has 2 rings (SSSR count). The first kappa shape index (κ1) is 12.4. The molecule has 0 atom stereocenters. The molecule has 0 fully saturated rings. The first-order valence-corrected chi connectivity index (χ1v) is 6.71. The molecule has 1 aliphatic rings. The van der Waals surface area contributed by atoms with Crippen LogP contribution in [0.2, 0.25) is 0 Å². The standard InChI is InChI=1S/C14H18ClNO/c1-11(17)16-9-3-2-4-13-10-12(7-8-15)5-6-14(13)16/h5-6,10H,2-4,7-9H2,1H3. The molecule has 1 amide bonds. The van der Waals surface area contributed by atoms with Crippen molar-refractivity contribution in [3.8, 4) is 0 Å². The van der Waals surface area contributed by atoms with E-state index in [9.17, 15) is 4.79 Å². The van der Waals surface area contributed by atoms with Gasteiger partial charge >= 0.3 is 0 Å². The summed E-state index contributed by atoms with van der Waals surface area (Å²) in [5, 5.41) is 0. The number of aryl methyl sites for hydroxylation is 2. The van der Waals surface area contributed by atoms with Crippen molar-refractivity contribution in [2.45, 2.75) is 32.6 Å². The van der Waals surface area contributed by atoms with Gasteiger partial charge in [-0.05, 0) is 42.9 Å². The Morgan fingerprint density at radius 1 is 1.41 bits per heavy atom. The lowest BCUT2D eigenvalue weighted by atomic mass is 10.0. The predicted molar refractivity (Wildman–Crippen MR) is 71.8 cm³/mol. The number of rotatable bonds is 2. The van der Waals surface area contributed by atoms with Crippen LogP contribution in [0.15, 0.2) is 18.2 Å². The van der Waals surface area contributed by atoms with Gasteiger partial charge in [0.25, 0.3) is 0 Å². The van der Waals surface area contributed by atoms with Crippen LogP contribution in [-0.4, -0.2) is 18.3 Å². The number of halogens is 1. The Hall–Kier alpha value is -1.02. The number of nitrogens with zero attached hydrogens (tertiary/aromatic N) is 1. The third kappa shape index (κ3) is 2.81. The second-order valence-electron chi connectivity index (χ2n) is 4.53. The van der Waals surface area contributed by atoms with Crippen LogP contribution in [0.25, 0.3) is 0 Å². The minimum Gasteiger partial charge on any atom is -0.312 e. The van der Waals surface area contributed by atoms with E-state index in [2.05, 4.69) is 18.2 Å². The second kappa shape index (κ2) is 5.54. The highest BCUT2D eigenvalue weighted by atomic mass is 35.5. The van der Waals surface area contributed by atoms with Crippen LogP contribution in [0.3, 0.4) is 0 Å². The number of amides is 1. The quantitative estimate of drug-likeness (QED) is 0.740. The Balaban J connectivity index is 2.35. The van der Waals surface area contributed by atoms with Gasteiger partial charge in [0.15, 0.2) is 0 Å². The molecule has 0 bridgehead atoms. The average Bonchev–Trinajstić information content (AvgIpc) is 2.51. The molecule has 1 aliphatic heterocycles. The first-order valence-electron chi connectivity index (χ1n) is 6.18. The Morgan fingerprint density at radius 2 is 2.24 bits per heavy atom. The molecule has 2 nitrogen and oxygen atoms in total. The third-order valence-corrected chi connectivity index (χ3v) is 3.46. The zero-order valence-corrected chi connectivity index (χ0v) is 11.0. The molecule has 3 heteroatoms. The Bertz CT molecular complexity index is 417.